The first-order valence-corrected chi connectivity index (χ1v) is 9.54. The van der Waals surface area contributed by atoms with Gasteiger partial charge in [-0.2, -0.15) is 0 Å². The predicted molar refractivity (Wildman–Crippen MR) is 109 cm³/mol. The Hall–Kier alpha value is -2.82. The Morgan fingerprint density at radius 3 is 2.44 bits per heavy atom. The summed E-state index contributed by atoms with van der Waals surface area (Å²) in [4.78, 5) is 25.0. The largest absolute Gasteiger partial charge is 0.376 e. The van der Waals surface area contributed by atoms with Gasteiger partial charge in [0, 0.05) is 11.7 Å². The fourth-order valence-electron chi connectivity index (χ4n) is 3.44. The molecule has 0 aromatic heterocycles. The third-order valence-electron chi connectivity index (χ3n) is 5.18. The maximum absolute atomic E-state index is 12.6. The van der Waals surface area contributed by atoms with Gasteiger partial charge in [0.05, 0.1) is 17.8 Å². The second kappa shape index (κ2) is 8.71. The topological polar surface area (TPSA) is 70.2 Å². The normalized spacial score (nSPS) is 14.0. The summed E-state index contributed by atoms with van der Waals surface area (Å²) >= 11 is 0. The van der Waals surface area contributed by atoms with Crippen molar-refractivity contribution in [1.82, 2.24) is 5.32 Å². The first-order valence-electron chi connectivity index (χ1n) is 9.54. The van der Waals surface area contributed by atoms with Gasteiger partial charge in [0.15, 0.2) is 0 Å². The lowest BCUT2D eigenvalue weighted by atomic mass is 10.1. The molecule has 0 atom stereocenters. The van der Waals surface area contributed by atoms with Crippen LogP contribution in [-0.2, 0) is 4.79 Å². The van der Waals surface area contributed by atoms with Crippen molar-refractivity contribution in [3.63, 3.8) is 0 Å². The lowest BCUT2D eigenvalue weighted by molar-refractivity contribution is -0.114. The number of amides is 2. The standard InChI is InChI=1S/C22H27N3O2/c1-15-8-7-13-19(16(15)2)23-14-21(26)25-20-12-6-5-11-18(20)22(27)24-17-9-3-4-10-17/h5-8,11-13,17,23H,3-4,9-10,14H2,1-2H3,(H,24,27)(H,25,26). The van der Waals surface area contributed by atoms with Gasteiger partial charge in [0.25, 0.3) is 5.91 Å². The average molecular weight is 365 g/mol. The molecule has 0 radical (unpaired) electrons. The fraction of sp³-hybridized carbons (Fsp3) is 0.364. The quantitative estimate of drug-likeness (QED) is 0.724. The lowest BCUT2D eigenvalue weighted by Crippen LogP contribution is -2.33. The average Bonchev–Trinajstić information content (AvgIpc) is 3.16. The van der Waals surface area contributed by atoms with Crippen molar-refractivity contribution in [1.29, 1.82) is 0 Å². The van der Waals surface area contributed by atoms with Crippen LogP contribution >= 0.6 is 0 Å². The van der Waals surface area contributed by atoms with Crippen LogP contribution in [0.3, 0.4) is 0 Å². The molecule has 2 aromatic carbocycles. The van der Waals surface area contributed by atoms with E-state index in [1.54, 1.807) is 12.1 Å². The van der Waals surface area contributed by atoms with Gasteiger partial charge in [-0.3, -0.25) is 9.59 Å². The van der Waals surface area contributed by atoms with Crippen molar-refractivity contribution in [2.45, 2.75) is 45.6 Å². The van der Waals surface area contributed by atoms with Gasteiger partial charge in [-0.15, -0.1) is 0 Å². The number of carbonyl (C=O) groups is 2. The highest BCUT2D eigenvalue weighted by Gasteiger charge is 2.20. The molecule has 1 saturated carbocycles. The van der Waals surface area contributed by atoms with E-state index in [0.717, 1.165) is 36.9 Å². The molecule has 1 aliphatic rings. The van der Waals surface area contributed by atoms with Gasteiger partial charge in [-0.05, 0) is 56.0 Å². The van der Waals surface area contributed by atoms with E-state index in [-0.39, 0.29) is 24.4 Å². The minimum absolute atomic E-state index is 0.125. The summed E-state index contributed by atoms with van der Waals surface area (Å²) in [5.41, 5.74) is 4.29. The van der Waals surface area contributed by atoms with Crippen LogP contribution in [0.25, 0.3) is 0 Å². The molecule has 5 nitrogen and oxygen atoms in total. The smallest absolute Gasteiger partial charge is 0.253 e. The van der Waals surface area contributed by atoms with E-state index in [0.29, 0.717) is 11.3 Å². The van der Waals surface area contributed by atoms with Gasteiger partial charge in [-0.25, -0.2) is 0 Å². The van der Waals surface area contributed by atoms with Gasteiger partial charge >= 0.3 is 0 Å². The van der Waals surface area contributed by atoms with Gasteiger partial charge < -0.3 is 16.0 Å². The third-order valence-corrected chi connectivity index (χ3v) is 5.18. The molecule has 2 aromatic rings. The predicted octanol–water partition coefficient (Wildman–Crippen LogP) is 4.03. The van der Waals surface area contributed by atoms with Crippen LogP contribution in [-0.4, -0.2) is 24.4 Å². The van der Waals surface area contributed by atoms with E-state index >= 15 is 0 Å². The number of nitrogens with one attached hydrogen (secondary N) is 3. The Morgan fingerprint density at radius 2 is 1.67 bits per heavy atom. The van der Waals surface area contributed by atoms with Crippen molar-refractivity contribution in [3.8, 4) is 0 Å². The summed E-state index contributed by atoms with van der Waals surface area (Å²) in [6.45, 7) is 4.21. The molecule has 0 bridgehead atoms. The molecule has 1 fully saturated rings. The third kappa shape index (κ3) is 4.88. The Morgan fingerprint density at radius 1 is 0.963 bits per heavy atom. The van der Waals surface area contributed by atoms with E-state index in [1.807, 2.05) is 44.2 Å². The van der Waals surface area contributed by atoms with Gasteiger partial charge in [0.1, 0.15) is 0 Å². The minimum Gasteiger partial charge on any atom is -0.376 e. The second-order valence-corrected chi connectivity index (χ2v) is 7.15. The van der Waals surface area contributed by atoms with Crippen molar-refractivity contribution >= 4 is 23.2 Å². The molecule has 0 heterocycles. The molecular weight excluding hydrogens is 338 g/mol. The number of carbonyl (C=O) groups excluding carboxylic acids is 2. The van der Waals surface area contributed by atoms with Crippen LogP contribution < -0.4 is 16.0 Å². The van der Waals surface area contributed by atoms with Crippen LogP contribution in [0, 0.1) is 13.8 Å². The molecule has 1 aliphatic carbocycles. The van der Waals surface area contributed by atoms with E-state index in [1.165, 1.54) is 5.56 Å². The molecule has 0 unspecified atom stereocenters. The monoisotopic (exact) mass is 365 g/mol. The molecule has 3 rings (SSSR count). The second-order valence-electron chi connectivity index (χ2n) is 7.15. The fourth-order valence-corrected chi connectivity index (χ4v) is 3.44. The van der Waals surface area contributed by atoms with Crippen LogP contribution in [0.1, 0.15) is 47.2 Å². The highest BCUT2D eigenvalue weighted by molar-refractivity contribution is 6.04. The molecule has 27 heavy (non-hydrogen) atoms. The van der Waals surface area contributed by atoms with Crippen LogP contribution in [0.2, 0.25) is 0 Å². The SMILES string of the molecule is Cc1cccc(NCC(=O)Nc2ccccc2C(=O)NC2CCCC2)c1C. The number of anilines is 2. The first-order chi connectivity index (χ1) is 13.0. The number of para-hydroxylation sites is 1. The number of aryl methyl sites for hydroxylation is 1. The lowest BCUT2D eigenvalue weighted by Gasteiger charge is -2.15. The number of rotatable bonds is 6. The molecule has 0 spiro atoms. The summed E-state index contributed by atoms with van der Waals surface area (Å²) in [5.74, 6) is -0.308. The van der Waals surface area contributed by atoms with E-state index in [2.05, 4.69) is 16.0 Å². The molecular formula is C22H27N3O2. The summed E-state index contributed by atoms with van der Waals surface area (Å²) in [6.07, 6.45) is 4.38. The highest BCUT2D eigenvalue weighted by atomic mass is 16.2. The minimum atomic E-state index is -0.183. The maximum atomic E-state index is 12.6. The van der Waals surface area contributed by atoms with Crippen molar-refractivity contribution in [3.05, 3.63) is 59.2 Å². The number of hydrogen-bond donors (Lipinski definition) is 3. The summed E-state index contributed by atoms with van der Waals surface area (Å²) < 4.78 is 0. The van der Waals surface area contributed by atoms with E-state index in [4.69, 9.17) is 0 Å². The van der Waals surface area contributed by atoms with Crippen LogP contribution in [0.4, 0.5) is 11.4 Å². The maximum Gasteiger partial charge on any atom is 0.253 e. The number of benzene rings is 2. The van der Waals surface area contributed by atoms with Gasteiger partial charge in [0.2, 0.25) is 5.91 Å². The van der Waals surface area contributed by atoms with E-state index in [9.17, 15) is 9.59 Å². The first kappa shape index (κ1) is 19.0. The summed E-state index contributed by atoms with van der Waals surface area (Å²) in [7, 11) is 0. The highest BCUT2D eigenvalue weighted by Crippen LogP contribution is 2.21. The Labute approximate surface area is 160 Å². The molecule has 0 saturated heterocycles. The van der Waals surface area contributed by atoms with Crippen LogP contribution in [0.15, 0.2) is 42.5 Å². The van der Waals surface area contributed by atoms with Crippen LogP contribution in [0.5, 0.6) is 0 Å². The molecule has 0 aliphatic heterocycles. The Kier molecular flexibility index (Phi) is 6.12. The van der Waals surface area contributed by atoms with E-state index < -0.39 is 0 Å². The number of hydrogen-bond acceptors (Lipinski definition) is 3. The molecule has 142 valence electrons. The Bertz CT molecular complexity index is 826. The zero-order valence-electron chi connectivity index (χ0n) is 16.0. The van der Waals surface area contributed by atoms with Crippen molar-refractivity contribution < 1.29 is 9.59 Å². The zero-order valence-corrected chi connectivity index (χ0v) is 16.0. The van der Waals surface area contributed by atoms with Crippen molar-refractivity contribution in [2.75, 3.05) is 17.2 Å². The summed E-state index contributed by atoms with van der Waals surface area (Å²) in [6, 6.07) is 13.3. The van der Waals surface area contributed by atoms with Crippen molar-refractivity contribution in [2.24, 2.45) is 0 Å². The zero-order chi connectivity index (χ0) is 19.2. The summed E-state index contributed by atoms with van der Waals surface area (Å²) in [5, 5.41) is 9.10. The molecule has 5 heteroatoms. The Balaban J connectivity index is 1.62. The molecule has 3 N–H and O–H groups in total. The van der Waals surface area contributed by atoms with Gasteiger partial charge in [-0.1, -0.05) is 37.1 Å². The molecule has 2 amide bonds.